The molecule has 114 valence electrons. The van der Waals surface area contributed by atoms with Gasteiger partial charge in [0.1, 0.15) is 0 Å². The molecule has 0 saturated heterocycles. The monoisotopic (exact) mass is 313 g/mol. The van der Waals surface area contributed by atoms with Gasteiger partial charge in [-0.15, -0.1) is 0 Å². The molecule has 0 unspecified atom stereocenters. The van der Waals surface area contributed by atoms with Crippen LogP contribution in [-0.4, -0.2) is 39.8 Å². The van der Waals surface area contributed by atoms with Gasteiger partial charge in [0.05, 0.1) is 11.9 Å². The number of hydrogen-bond donors (Lipinski definition) is 1. The highest BCUT2D eigenvalue weighted by atomic mass is 32.1. The van der Waals surface area contributed by atoms with Gasteiger partial charge in [-0.1, -0.05) is 12.1 Å². The normalized spacial score (nSPS) is 10.6. The van der Waals surface area contributed by atoms with E-state index in [0.717, 1.165) is 30.0 Å². The number of nitrogens with zero attached hydrogens (tertiary/aromatic N) is 4. The molecule has 0 atom stereocenters. The number of pyridine rings is 2. The molecule has 2 rings (SSSR count). The van der Waals surface area contributed by atoms with E-state index in [9.17, 15) is 0 Å². The average molecular weight is 313 g/mol. The van der Waals surface area contributed by atoms with Crippen molar-refractivity contribution < 1.29 is 0 Å². The second kappa shape index (κ2) is 8.19. The first kappa shape index (κ1) is 16.0. The summed E-state index contributed by atoms with van der Waals surface area (Å²) in [7, 11) is 1.93. The fourth-order valence-electron chi connectivity index (χ4n) is 1.80. The first-order valence-corrected chi connectivity index (χ1v) is 7.44. The lowest BCUT2D eigenvalue weighted by molar-refractivity contribution is 0.496. The minimum atomic E-state index is 0.569. The van der Waals surface area contributed by atoms with E-state index in [2.05, 4.69) is 20.5 Å². The molecule has 0 aromatic carbocycles. The highest BCUT2D eigenvalue weighted by Gasteiger charge is 2.03. The molecule has 0 bridgehead atoms. The van der Waals surface area contributed by atoms with Crippen molar-refractivity contribution in [3.63, 3.8) is 0 Å². The van der Waals surface area contributed by atoms with Gasteiger partial charge in [0.25, 0.3) is 0 Å². The summed E-state index contributed by atoms with van der Waals surface area (Å²) in [6.45, 7) is 2.72. The zero-order valence-electron chi connectivity index (χ0n) is 12.7. The number of nitrogens with one attached hydrogen (secondary N) is 1. The van der Waals surface area contributed by atoms with Crippen molar-refractivity contribution >= 4 is 23.5 Å². The van der Waals surface area contributed by atoms with E-state index in [1.165, 1.54) is 0 Å². The molecule has 2 aromatic rings. The highest BCUT2D eigenvalue weighted by Crippen LogP contribution is 1.97. The van der Waals surface area contributed by atoms with Gasteiger partial charge in [-0.2, -0.15) is 5.10 Å². The van der Waals surface area contributed by atoms with Crippen molar-refractivity contribution in [3.8, 4) is 0 Å². The average Bonchev–Trinajstić information content (AvgIpc) is 2.53. The van der Waals surface area contributed by atoms with E-state index >= 15 is 0 Å². The molecule has 0 saturated carbocycles. The summed E-state index contributed by atoms with van der Waals surface area (Å²) in [5.74, 6) is 0. The maximum Gasteiger partial charge on any atom is 0.189 e. The molecule has 0 aliphatic rings. The van der Waals surface area contributed by atoms with E-state index in [1.54, 1.807) is 12.4 Å². The van der Waals surface area contributed by atoms with E-state index in [4.69, 9.17) is 12.2 Å². The third-order valence-corrected chi connectivity index (χ3v) is 3.45. The van der Waals surface area contributed by atoms with Crippen LogP contribution in [0.15, 0.2) is 47.7 Å². The Bertz CT molecular complexity index is 642. The van der Waals surface area contributed by atoms with Crippen LogP contribution in [0.2, 0.25) is 0 Å². The number of likely N-dealkylation sites (N-methyl/N-ethyl adjacent to an activating group) is 1. The molecule has 0 fully saturated rings. The summed E-state index contributed by atoms with van der Waals surface area (Å²) in [6.07, 6.45) is 4.29. The van der Waals surface area contributed by atoms with Gasteiger partial charge in [-0.05, 0) is 43.4 Å². The lowest BCUT2D eigenvalue weighted by atomic mass is 10.2. The maximum atomic E-state index is 5.29. The Morgan fingerprint density at radius 3 is 2.91 bits per heavy atom. The van der Waals surface area contributed by atoms with Gasteiger partial charge in [-0.3, -0.25) is 15.4 Å². The molecule has 2 aromatic heterocycles. The largest absolute Gasteiger partial charge is 0.351 e. The van der Waals surface area contributed by atoms with E-state index in [1.807, 2.05) is 55.3 Å². The number of aryl methyl sites for hydroxylation is 1. The lowest BCUT2D eigenvalue weighted by Gasteiger charge is -2.18. The van der Waals surface area contributed by atoms with Gasteiger partial charge in [0.15, 0.2) is 5.11 Å². The number of aromatic nitrogens is 2. The number of hydrazone groups is 1. The van der Waals surface area contributed by atoms with Gasteiger partial charge in [0.2, 0.25) is 0 Å². The first-order valence-electron chi connectivity index (χ1n) is 7.03. The Hall–Kier alpha value is -2.34. The zero-order chi connectivity index (χ0) is 15.8. The second-order valence-electron chi connectivity index (χ2n) is 4.87. The Balaban J connectivity index is 1.79. The topological polar surface area (TPSA) is 53.4 Å². The summed E-state index contributed by atoms with van der Waals surface area (Å²) in [5.41, 5.74) is 5.65. The van der Waals surface area contributed by atoms with E-state index in [-0.39, 0.29) is 0 Å². The Kier molecular flexibility index (Phi) is 5.97. The lowest BCUT2D eigenvalue weighted by Crippen LogP contribution is -2.35. The van der Waals surface area contributed by atoms with E-state index in [0.29, 0.717) is 5.11 Å². The molecule has 0 aliphatic heterocycles. The van der Waals surface area contributed by atoms with Crippen LogP contribution in [0.3, 0.4) is 0 Å². The fourth-order valence-corrected chi connectivity index (χ4v) is 1.95. The van der Waals surface area contributed by atoms with Crippen molar-refractivity contribution in [2.75, 3.05) is 13.6 Å². The molecule has 0 radical (unpaired) electrons. The number of rotatable bonds is 5. The van der Waals surface area contributed by atoms with Crippen LogP contribution in [0.25, 0.3) is 0 Å². The molecule has 0 spiro atoms. The number of thiocarbonyl (C=S) groups is 1. The zero-order valence-corrected chi connectivity index (χ0v) is 13.5. The van der Waals surface area contributed by atoms with Crippen molar-refractivity contribution in [2.24, 2.45) is 5.10 Å². The predicted octanol–water partition coefficient (Wildman–Crippen LogP) is 2.17. The molecule has 0 aliphatic carbocycles. The molecule has 0 amide bonds. The van der Waals surface area contributed by atoms with Crippen molar-refractivity contribution in [2.45, 2.75) is 13.3 Å². The van der Waals surface area contributed by atoms with Crippen LogP contribution in [-0.2, 0) is 6.42 Å². The van der Waals surface area contributed by atoms with Crippen LogP contribution in [0.4, 0.5) is 0 Å². The molecular formula is C16H19N5S. The molecule has 2 heterocycles. The molecule has 1 N–H and O–H groups in total. The second-order valence-corrected chi connectivity index (χ2v) is 5.26. The Morgan fingerprint density at radius 2 is 2.18 bits per heavy atom. The summed E-state index contributed by atoms with van der Waals surface area (Å²) in [6, 6.07) is 11.7. The van der Waals surface area contributed by atoms with Gasteiger partial charge >= 0.3 is 0 Å². The summed E-state index contributed by atoms with van der Waals surface area (Å²) < 4.78 is 0. The molecule has 5 nitrogen and oxygen atoms in total. The SMILES string of the molecule is Cc1cccc(/C=N/NC(=S)N(C)CCc2ccccn2)n1. The standard InChI is InChI=1S/C16H19N5S/c1-13-6-5-8-15(19-13)12-18-20-16(22)21(2)11-9-14-7-3-4-10-17-14/h3-8,10,12H,9,11H2,1-2H3,(H,20,22)/b18-12+. The third-order valence-electron chi connectivity index (χ3n) is 3.04. The van der Waals surface area contributed by atoms with Crippen LogP contribution in [0.1, 0.15) is 17.1 Å². The molecule has 6 heteroatoms. The van der Waals surface area contributed by atoms with Crippen molar-refractivity contribution in [3.05, 3.63) is 59.7 Å². The first-order chi connectivity index (χ1) is 10.6. The van der Waals surface area contributed by atoms with E-state index < -0.39 is 0 Å². The number of hydrogen-bond acceptors (Lipinski definition) is 4. The fraction of sp³-hybridized carbons (Fsp3) is 0.250. The third kappa shape index (κ3) is 5.21. The Morgan fingerprint density at radius 1 is 1.32 bits per heavy atom. The molecular weight excluding hydrogens is 294 g/mol. The van der Waals surface area contributed by atoms with Crippen LogP contribution >= 0.6 is 12.2 Å². The van der Waals surface area contributed by atoms with Crippen LogP contribution in [0.5, 0.6) is 0 Å². The van der Waals surface area contributed by atoms with Crippen LogP contribution in [0, 0.1) is 6.92 Å². The summed E-state index contributed by atoms with van der Waals surface area (Å²) in [5, 5.41) is 4.69. The van der Waals surface area contributed by atoms with Gasteiger partial charge in [-0.25, -0.2) is 0 Å². The smallest absolute Gasteiger partial charge is 0.189 e. The quantitative estimate of drug-likeness (QED) is 0.521. The maximum absolute atomic E-state index is 5.29. The van der Waals surface area contributed by atoms with Crippen LogP contribution < -0.4 is 5.43 Å². The van der Waals surface area contributed by atoms with Crippen molar-refractivity contribution in [1.82, 2.24) is 20.3 Å². The summed E-state index contributed by atoms with van der Waals surface area (Å²) in [4.78, 5) is 10.6. The summed E-state index contributed by atoms with van der Waals surface area (Å²) >= 11 is 5.29. The molecule has 22 heavy (non-hydrogen) atoms. The minimum absolute atomic E-state index is 0.569. The van der Waals surface area contributed by atoms with Gasteiger partial charge < -0.3 is 4.90 Å². The Labute approximate surface area is 136 Å². The van der Waals surface area contributed by atoms with Gasteiger partial charge in [0, 0.05) is 37.6 Å². The predicted molar refractivity (Wildman–Crippen MR) is 92.9 cm³/mol. The highest BCUT2D eigenvalue weighted by molar-refractivity contribution is 7.80. The minimum Gasteiger partial charge on any atom is -0.351 e. The van der Waals surface area contributed by atoms with Crippen molar-refractivity contribution in [1.29, 1.82) is 0 Å².